The molecule has 1 unspecified atom stereocenters. The third-order valence-corrected chi connectivity index (χ3v) is 4.87. The lowest BCUT2D eigenvalue weighted by atomic mass is 9.99. The number of carbonyl (C=O) groups excluding carboxylic acids is 1. The maximum absolute atomic E-state index is 12.1. The number of hydrogen-bond acceptors (Lipinski definition) is 5. The van der Waals surface area contributed by atoms with E-state index in [9.17, 15) is 18.0 Å². The van der Waals surface area contributed by atoms with Crippen molar-refractivity contribution in [1.82, 2.24) is 9.62 Å². The maximum Gasteiger partial charge on any atom is 0.313 e. The lowest BCUT2D eigenvalue weighted by Crippen LogP contribution is -2.46. The van der Waals surface area contributed by atoms with Crippen LogP contribution >= 0.6 is 11.8 Å². The van der Waals surface area contributed by atoms with Gasteiger partial charge in [-0.3, -0.25) is 9.59 Å². The number of piperidine rings is 1. The number of likely N-dealkylation sites (tertiary alicyclic amines) is 1. The number of carbonyl (C=O) groups is 2. The van der Waals surface area contributed by atoms with Crippen molar-refractivity contribution in [3.05, 3.63) is 0 Å². The van der Waals surface area contributed by atoms with Crippen LogP contribution in [-0.4, -0.2) is 67.2 Å². The summed E-state index contributed by atoms with van der Waals surface area (Å²) < 4.78 is 24.5. The molecule has 0 aromatic carbocycles. The van der Waals surface area contributed by atoms with Gasteiger partial charge in [0.05, 0.1) is 17.8 Å². The van der Waals surface area contributed by atoms with E-state index < -0.39 is 16.0 Å². The van der Waals surface area contributed by atoms with E-state index >= 15 is 0 Å². The van der Waals surface area contributed by atoms with Gasteiger partial charge in [0.25, 0.3) is 0 Å². The number of carboxylic acids is 1. The molecule has 0 aliphatic carbocycles. The maximum atomic E-state index is 12.1. The fourth-order valence-corrected chi connectivity index (χ4v) is 3.45. The van der Waals surface area contributed by atoms with Gasteiger partial charge >= 0.3 is 5.97 Å². The molecule has 0 aromatic heterocycles. The Hall–Kier alpha value is -0.800. The highest BCUT2D eigenvalue weighted by molar-refractivity contribution is 8.00. The van der Waals surface area contributed by atoms with Gasteiger partial charge < -0.3 is 10.0 Å². The largest absolute Gasteiger partial charge is 0.481 e. The molecule has 1 amide bonds. The molecule has 0 spiro atoms. The molecule has 1 saturated heterocycles. The first-order chi connectivity index (χ1) is 9.79. The zero-order valence-electron chi connectivity index (χ0n) is 12.1. The molecule has 122 valence electrons. The molecule has 0 saturated carbocycles. The number of nitrogens with one attached hydrogen (secondary N) is 1. The summed E-state index contributed by atoms with van der Waals surface area (Å²) in [6.45, 7) is 0.978. The minimum absolute atomic E-state index is 0.0333. The first-order valence-electron chi connectivity index (χ1n) is 6.83. The molecule has 21 heavy (non-hydrogen) atoms. The van der Waals surface area contributed by atoms with Crippen molar-refractivity contribution in [2.75, 3.05) is 30.9 Å². The Labute approximate surface area is 129 Å². The third kappa shape index (κ3) is 7.68. The van der Waals surface area contributed by atoms with Crippen molar-refractivity contribution < 1.29 is 23.1 Å². The van der Waals surface area contributed by atoms with E-state index in [1.165, 1.54) is 0 Å². The molecule has 9 heteroatoms. The molecule has 1 heterocycles. The van der Waals surface area contributed by atoms with E-state index in [1.807, 2.05) is 0 Å². The van der Waals surface area contributed by atoms with Crippen molar-refractivity contribution >= 4 is 33.7 Å². The number of rotatable bonds is 8. The van der Waals surface area contributed by atoms with Crippen molar-refractivity contribution in [2.24, 2.45) is 0 Å². The molecular formula is C12H22N2O5S2. The minimum atomic E-state index is -3.21. The van der Waals surface area contributed by atoms with Gasteiger partial charge in [-0.05, 0) is 25.7 Å². The summed E-state index contributed by atoms with van der Waals surface area (Å²) in [6, 6.07) is 0.0333. The Balaban J connectivity index is 2.44. The van der Waals surface area contributed by atoms with Crippen LogP contribution in [0.4, 0.5) is 0 Å². The van der Waals surface area contributed by atoms with Gasteiger partial charge in [0.1, 0.15) is 0 Å². The van der Waals surface area contributed by atoms with Gasteiger partial charge in [-0.25, -0.2) is 13.1 Å². The molecule has 0 aromatic rings. The predicted octanol–water partition coefficient (Wildman–Crippen LogP) is 0.125. The second kappa shape index (κ2) is 8.60. The first kappa shape index (κ1) is 18.2. The van der Waals surface area contributed by atoms with Crippen LogP contribution in [0.5, 0.6) is 0 Å². The van der Waals surface area contributed by atoms with Crippen molar-refractivity contribution in [3.63, 3.8) is 0 Å². The third-order valence-electron chi connectivity index (χ3n) is 3.24. The molecule has 2 N–H and O–H groups in total. The number of thioether (sulfide) groups is 1. The van der Waals surface area contributed by atoms with E-state index in [4.69, 9.17) is 5.11 Å². The summed E-state index contributed by atoms with van der Waals surface area (Å²) in [7, 11) is -3.21. The summed E-state index contributed by atoms with van der Waals surface area (Å²) >= 11 is 1.09. The SMILES string of the molecule is CS(=O)(=O)NCCC1CCCCN1C(=O)CSCC(=O)O. The van der Waals surface area contributed by atoms with Crippen LogP contribution in [-0.2, 0) is 19.6 Å². The molecular weight excluding hydrogens is 316 g/mol. The van der Waals surface area contributed by atoms with Crippen LogP contribution in [0.15, 0.2) is 0 Å². The summed E-state index contributed by atoms with van der Waals surface area (Å²) in [4.78, 5) is 24.3. The molecule has 1 aliphatic rings. The topological polar surface area (TPSA) is 104 Å². The molecule has 1 rings (SSSR count). The van der Waals surface area contributed by atoms with Crippen LogP contribution in [0, 0.1) is 0 Å². The van der Waals surface area contributed by atoms with Gasteiger partial charge in [-0.15, -0.1) is 11.8 Å². The number of amides is 1. The van der Waals surface area contributed by atoms with Gasteiger partial charge in [0, 0.05) is 19.1 Å². The first-order valence-corrected chi connectivity index (χ1v) is 9.88. The second-order valence-corrected chi connectivity index (χ2v) is 7.90. The number of hydrogen-bond donors (Lipinski definition) is 2. The molecule has 1 atom stereocenters. The smallest absolute Gasteiger partial charge is 0.313 e. The van der Waals surface area contributed by atoms with E-state index in [1.54, 1.807) is 4.90 Å². The number of nitrogens with zero attached hydrogens (tertiary/aromatic N) is 1. The van der Waals surface area contributed by atoms with Crippen LogP contribution in [0.2, 0.25) is 0 Å². The Morgan fingerprint density at radius 2 is 2.05 bits per heavy atom. The Bertz CT molecular complexity index is 466. The fourth-order valence-electron chi connectivity index (χ4n) is 2.35. The zero-order chi connectivity index (χ0) is 15.9. The van der Waals surface area contributed by atoms with E-state index in [0.717, 1.165) is 37.3 Å². The van der Waals surface area contributed by atoms with Crippen molar-refractivity contribution in [2.45, 2.75) is 31.7 Å². The van der Waals surface area contributed by atoms with E-state index in [2.05, 4.69) is 4.72 Å². The lowest BCUT2D eigenvalue weighted by molar-refractivity contribution is -0.134. The summed E-state index contributed by atoms with van der Waals surface area (Å²) in [5, 5.41) is 8.57. The van der Waals surface area contributed by atoms with Gasteiger partial charge in [-0.2, -0.15) is 0 Å². The Morgan fingerprint density at radius 3 is 2.67 bits per heavy atom. The highest BCUT2D eigenvalue weighted by Gasteiger charge is 2.26. The van der Waals surface area contributed by atoms with Crippen LogP contribution in [0.3, 0.4) is 0 Å². The Morgan fingerprint density at radius 1 is 1.33 bits per heavy atom. The minimum Gasteiger partial charge on any atom is -0.481 e. The second-order valence-electron chi connectivity index (χ2n) is 5.08. The molecule has 1 aliphatic heterocycles. The van der Waals surface area contributed by atoms with E-state index in [0.29, 0.717) is 19.5 Å². The standard InChI is InChI=1S/C12H22N2O5S2/c1-21(18,19)13-6-5-10-4-2-3-7-14(10)11(15)8-20-9-12(16)17/h10,13H,2-9H2,1H3,(H,16,17). The average molecular weight is 338 g/mol. The predicted molar refractivity (Wildman–Crippen MR) is 81.8 cm³/mol. The average Bonchev–Trinajstić information content (AvgIpc) is 2.37. The lowest BCUT2D eigenvalue weighted by Gasteiger charge is -2.36. The van der Waals surface area contributed by atoms with Gasteiger partial charge in [0.2, 0.25) is 15.9 Å². The highest BCUT2D eigenvalue weighted by Crippen LogP contribution is 2.20. The van der Waals surface area contributed by atoms with Crippen molar-refractivity contribution in [3.8, 4) is 0 Å². The fraction of sp³-hybridized carbons (Fsp3) is 0.833. The molecule has 0 radical (unpaired) electrons. The molecule has 1 fully saturated rings. The highest BCUT2D eigenvalue weighted by atomic mass is 32.2. The Kier molecular flexibility index (Phi) is 7.47. The van der Waals surface area contributed by atoms with Gasteiger partial charge in [0.15, 0.2) is 0 Å². The summed E-state index contributed by atoms with van der Waals surface area (Å²) in [6.07, 6.45) is 4.52. The van der Waals surface area contributed by atoms with Crippen LogP contribution in [0.25, 0.3) is 0 Å². The quantitative estimate of drug-likeness (QED) is 0.652. The summed E-state index contributed by atoms with van der Waals surface area (Å²) in [5.74, 6) is -0.923. The number of sulfonamides is 1. The van der Waals surface area contributed by atoms with Crippen LogP contribution in [0.1, 0.15) is 25.7 Å². The van der Waals surface area contributed by atoms with Crippen molar-refractivity contribution in [1.29, 1.82) is 0 Å². The van der Waals surface area contributed by atoms with Gasteiger partial charge in [-0.1, -0.05) is 0 Å². The monoisotopic (exact) mass is 338 g/mol. The number of aliphatic carboxylic acids is 1. The molecule has 0 bridgehead atoms. The van der Waals surface area contributed by atoms with Crippen LogP contribution < -0.4 is 4.72 Å². The van der Waals surface area contributed by atoms with E-state index in [-0.39, 0.29) is 23.5 Å². The number of carboxylic acid groups (broad SMARTS) is 1. The molecule has 7 nitrogen and oxygen atoms in total. The normalized spacial score (nSPS) is 19.5. The summed E-state index contributed by atoms with van der Waals surface area (Å²) in [5.41, 5.74) is 0. The zero-order valence-corrected chi connectivity index (χ0v) is 13.7.